The molecule has 1 aliphatic carbocycles. The third-order valence-corrected chi connectivity index (χ3v) is 3.01. The maximum Gasteiger partial charge on any atom is 0.363 e. The minimum absolute atomic E-state index is 0.400. The first kappa shape index (κ1) is 10.1. The Bertz CT molecular complexity index is 376. The first-order valence-corrected chi connectivity index (χ1v) is 5.44. The third-order valence-electron chi connectivity index (χ3n) is 3.01. The van der Waals surface area contributed by atoms with Crippen molar-refractivity contribution in [3.8, 4) is 0 Å². The minimum Gasteiger partial charge on any atom is -0.366 e. The summed E-state index contributed by atoms with van der Waals surface area (Å²) in [6.45, 7) is 2.23. The van der Waals surface area contributed by atoms with E-state index in [0.717, 1.165) is 6.42 Å². The van der Waals surface area contributed by atoms with E-state index < -0.39 is 5.69 Å². The van der Waals surface area contributed by atoms with Gasteiger partial charge in [0.05, 0.1) is 6.20 Å². The molecule has 0 saturated heterocycles. The van der Waals surface area contributed by atoms with Gasteiger partial charge in [-0.3, -0.25) is 0 Å². The molecule has 5 heteroatoms. The van der Waals surface area contributed by atoms with E-state index in [1.807, 2.05) is 0 Å². The fraction of sp³-hybridized carbons (Fsp3) is 0.700. The van der Waals surface area contributed by atoms with Crippen molar-refractivity contribution in [1.82, 2.24) is 15.2 Å². The van der Waals surface area contributed by atoms with Crippen LogP contribution in [0.5, 0.6) is 0 Å². The van der Waals surface area contributed by atoms with E-state index in [1.165, 1.54) is 19.3 Å². The van der Waals surface area contributed by atoms with Gasteiger partial charge in [-0.2, -0.15) is 10.1 Å². The Hall–Kier alpha value is -1.39. The zero-order valence-corrected chi connectivity index (χ0v) is 8.86. The maximum atomic E-state index is 10.9. The largest absolute Gasteiger partial charge is 0.366 e. The van der Waals surface area contributed by atoms with Gasteiger partial charge in [-0.05, 0) is 18.8 Å². The molecule has 2 atom stereocenters. The van der Waals surface area contributed by atoms with E-state index in [2.05, 4.69) is 27.4 Å². The lowest BCUT2D eigenvalue weighted by molar-refractivity contribution is 0.349. The molecule has 1 heterocycles. The molecule has 82 valence electrons. The van der Waals surface area contributed by atoms with Crippen LogP contribution in [0.1, 0.15) is 32.6 Å². The molecule has 0 spiro atoms. The van der Waals surface area contributed by atoms with Gasteiger partial charge in [-0.15, -0.1) is 0 Å². The molecule has 1 aromatic rings. The van der Waals surface area contributed by atoms with Gasteiger partial charge in [-0.25, -0.2) is 9.89 Å². The smallest absolute Gasteiger partial charge is 0.363 e. The Morgan fingerprint density at radius 3 is 3.00 bits per heavy atom. The summed E-state index contributed by atoms with van der Waals surface area (Å²) >= 11 is 0. The van der Waals surface area contributed by atoms with Crippen LogP contribution in [0.4, 0.5) is 5.82 Å². The fourth-order valence-corrected chi connectivity index (χ4v) is 2.10. The molecular formula is C10H16N4O. The lowest BCUT2D eigenvalue weighted by Gasteiger charge is -2.29. The number of aromatic nitrogens is 3. The summed E-state index contributed by atoms with van der Waals surface area (Å²) in [4.78, 5) is 14.8. The van der Waals surface area contributed by atoms with E-state index >= 15 is 0 Å². The number of aromatic amines is 1. The van der Waals surface area contributed by atoms with Gasteiger partial charge in [0.2, 0.25) is 0 Å². The first-order chi connectivity index (χ1) is 7.25. The van der Waals surface area contributed by atoms with Crippen LogP contribution < -0.4 is 11.0 Å². The molecule has 1 fully saturated rings. The van der Waals surface area contributed by atoms with Gasteiger partial charge >= 0.3 is 5.69 Å². The Morgan fingerprint density at radius 1 is 1.47 bits per heavy atom. The minimum atomic E-state index is -0.400. The molecule has 5 nitrogen and oxygen atoms in total. The molecule has 2 rings (SSSR count). The van der Waals surface area contributed by atoms with Crippen molar-refractivity contribution >= 4 is 5.82 Å². The molecule has 1 aromatic heterocycles. The van der Waals surface area contributed by atoms with Crippen molar-refractivity contribution in [3.05, 3.63) is 16.7 Å². The summed E-state index contributed by atoms with van der Waals surface area (Å²) in [5.41, 5.74) is -0.400. The molecular weight excluding hydrogens is 192 g/mol. The highest BCUT2D eigenvalue weighted by Gasteiger charge is 2.21. The van der Waals surface area contributed by atoms with Gasteiger partial charge < -0.3 is 5.32 Å². The lowest BCUT2D eigenvalue weighted by atomic mass is 9.86. The van der Waals surface area contributed by atoms with E-state index in [0.29, 0.717) is 17.8 Å². The number of anilines is 1. The lowest BCUT2D eigenvalue weighted by Crippen LogP contribution is -2.31. The highest BCUT2D eigenvalue weighted by atomic mass is 16.1. The predicted octanol–water partition coefficient (Wildman–Crippen LogP) is 1.16. The monoisotopic (exact) mass is 208 g/mol. The van der Waals surface area contributed by atoms with Crippen LogP contribution in [0, 0.1) is 5.92 Å². The predicted molar refractivity (Wildman–Crippen MR) is 57.7 cm³/mol. The summed E-state index contributed by atoms with van der Waals surface area (Å²) in [6.07, 6.45) is 6.51. The summed E-state index contributed by atoms with van der Waals surface area (Å²) < 4.78 is 0. The van der Waals surface area contributed by atoms with Gasteiger partial charge in [-0.1, -0.05) is 19.8 Å². The van der Waals surface area contributed by atoms with Crippen molar-refractivity contribution in [2.45, 2.75) is 38.6 Å². The molecule has 2 unspecified atom stereocenters. The molecule has 2 N–H and O–H groups in total. The van der Waals surface area contributed by atoms with Crippen LogP contribution >= 0.6 is 0 Å². The van der Waals surface area contributed by atoms with Crippen LogP contribution in [0.15, 0.2) is 11.0 Å². The second-order valence-corrected chi connectivity index (χ2v) is 4.18. The average Bonchev–Trinajstić information content (AvgIpc) is 2.22. The summed E-state index contributed by atoms with van der Waals surface area (Å²) in [5.74, 6) is 1.22. The standard InChI is InChI=1S/C10H16N4O/c1-7-4-2-3-5-8(7)12-9-6-11-14-10(15)13-9/h6-8H,2-5H2,1H3,(H2,12,13,14,15). The quantitative estimate of drug-likeness (QED) is 0.765. The molecule has 0 radical (unpaired) electrons. The molecule has 1 saturated carbocycles. The van der Waals surface area contributed by atoms with Crippen molar-refractivity contribution in [1.29, 1.82) is 0 Å². The SMILES string of the molecule is CC1CCCCC1Nc1cn[nH]c(=O)n1. The molecule has 0 aromatic carbocycles. The molecule has 0 bridgehead atoms. The second kappa shape index (κ2) is 4.42. The average molecular weight is 208 g/mol. The van der Waals surface area contributed by atoms with Crippen LogP contribution in [0.2, 0.25) is 0 Å². The Kier molecular flexibility index (Phi) is 2.99. The number of nitrogens with one attached hydrogen (secondary N) is 2. The van der Waals surface area contributed by atoms with Crippen LogP contribution in [-0.4, -0.2) is 21.2 Å². The van der Waals surface area contributed by atoms with Crippen molar-refractivity contribution in [2.75, 3.05) is 5.32 Å². The Labute approximate surface area is 88.3 Å². The summed E-state index contributed by atoms with van der Waals surface area (Å²) in [6, 6.07) is 0.426. The van der Waals surface area contributed by atoms with Crippen LogP contribution in [0.3, 0.4) is 0 Å². The van der Waals surface area contributed by atoms with E-state index in [1.54, 1.807) is 6.20 Å². The number of H-pyrrole nitrogens is 1. The fourth-order valence-electron chi connectivity index (χ4n) is 2.10. The van der Waals surface area contributed by atoms with Crippen LogP contribution in [-0.2, 0) is 0 Å². The number of hydrogen-bond acceptors (Lipinski definition) is 4. The second-order valence-electron chi connectivity index (χ2n) is 4.18. The highest BCUT2D eigenvalue weighted by molar-refractivity contribution is 5.31. The molecule has 0 amide bonds. The van der Waals surface area contributed by atoms with E-state index in [9.17, 15) is 4.79 Å². The van der Waals surface area contributed by atoms with Crippen LogP contribution in [0.25, 0.3) is 0 Å². The van der Waals surface area contributed by atoms with E-state index in [-0.39, 0.29) is 0 Å². The first-order valence-electron chi connectivity index (χ1n) is 5.44. The van der Waals surface area contributed by atoms with Crippen molar-refractivity contribution in [2.24, 2.45) is 5.92 Å². The normalized spacial score (nSPS) is 26.2. The third kappa shape index (κ3) is 2.55. The number of rotatable bonds is 2. The molecule has 1 aliphatic rings. The van der Waals surface area contributed by atoms with Crippen molar-refractivity contribution < 1.29 is 0 Å². The molecule has 15 heavy (non-hydrogen) atoms. The number of nitrogens with zero attached hydrogens (tertiary/aromatic N) is 2. The zero-order chi connectivity index (χ0) is 10.7. The van der Waals surface area contributed by atoms with Gasteiger partial charge in [0.1, 0.15) is 0 Å². The van der Waals surface area contributed by atoms with Gasteiger partial charge in [0.15, 0.2) is 5.82 Å². The molecule has 0 aliphatic heterocycles. The summed E-state index contributed by atoms with van der Waals surface area (Å²) in [7, 11) is 0. The number of hydrogen-bond donors (Lipinski definition) is 2. The topological polar surface area (TPSA) is 70.7 Å². The zero-order valence-electron chi connectivity index (χ0n) is 8.86. The maximum absolute atomic E-state index is 10.9. The Balaban J connectivity index is 2.04. The van der Waals surface area contributed by atoms with Crippen molar-refractivity contribution in [3.63, 3.8) is 0 Å². The van der Waals surface area contributed by atoms with E-state index in [4.69, 9.17) is 0 Å². The highest BCUT2D eigenvalue weighted by Crippen LogP contribution is 2.25. The van der Waals surface area contributed by atoms with Gasteiger partial charge in [0.25, 0.3) is 0 Å². The Morgan fingerprint density at radius 2 is 2.27 bits per heavy atom. The van der Waals surface area contributed by atoms with Gasteiger partial charge in [0, 0.05) is 6.04 Å². The summed E-state index contributed by atoms with van der Waals surface area (Å²) in [5, 5.41) is 9.25.